The summed E-state index contributed by atoms with van der Waals surface area (Å²) in [5.74, 6) is 0.0621. The number of aromatic nitrogens is 4. The number of hydrogen-bond donors (Lipinski definition) is 1. The third-order valence-corrected chi connectivity index (χ3v) is 6.28. The second kappa shape index (κ2) is 8.20. The van der Waals surface area contributed by atoms with Gasteiger partial charge in [0.15, 0.2) is 0 Å². The Morgan fingerprint density at radius 2 is 2.11 bits per heavy atom. The first-order valence-corrected chi connectivity index (χ1v) is 10.3. The van der Waals surface area contributed by atoms with Gasteiger partial charge in [0, 0.05) is 29.4 Å². The van der Waals surface area contributed by atoms with Gasteiger partial charge in [0.25, 0.3) is 0 Å². The molecule has 0 aliphatic carbocycles. The fourth-order valence-electron chi connectivity index (χ4n) is 3.73. The first-order valence-electron chi connectivity index (χ1n) is 9.44. The minimum atomic E-state index is -0.194. The lowest BCUT2D eigenvalue weighted by Crippen LogP contribution is -2.42. The average Bonchev–Trinajstić information content (AvgIpc) is 3.42. The molecule has 4 rings (SSSR count). The molecule has 2 atom stereocenters. The second-order valence-electron chi connectivity index (χ2n) is 7.28. The van der Waals surface area contributed by atoms with Gasteiger partial charge in [-0.2, -0.15) is 0 Å². The second-order valence-corrected chi connectivity index (χ2v) is 8.65. The Labute approximate surface area is 168 Å². The smallest absolute Gasteiger partial charge is 0.237 e. The van der Waals surface area contributed by atoms with Gasteiger partial charge in [-0.25, -0.2) is 4.68 Å². The molecule has 0 radical (unpaired) electrons. The molecular formula is C20H24N6OS. The van der Waals surface area contributed by atoms with Crippen LogP contribution in [0.25, 0.3) is 0 Å². The summed E-state index contributed by atoms with van der Waals surface area (Å²) in [5.41, 5.74) is 2.33. The van der Waals surface area contributed by atoms with E-state index in [0.29, 0.717) is 13.0 Å². The highest BCUT2D eigenvalue weighted by Gasteiger charge is 2.38. The van der Waals surface area contributed by atoms with Crippen molar-refractivity contribution in [2.24, 2.45) is 0 Å². The highest BCUT2D eigenvalue weighted by atomic mass is 32.1. The van der Waals surface area contributed by atoms with E-state index in [2.05, 4.69) is 63.9 Å². The van der Waals surface area contributed by atoms with E-state index in [4.69, 9.17) is 0 Å². The molecule has 8 heteroatoms. The molecule has 1 saturated heterocycles. The minimum Gasteiger partial charge on any atom is -0.351 e. The van der Waals surface area contributed by atoms with Crippen molar-refractivity contribution < 1.29 is 4.79 Å². The fourth-order valence-corrected chi connectivity index (χ4v) is 4.65. The molecule has 7 nitrogen and oxygen atoms in total. The van der Waals surface area contributed by atoms with Crippen LogP contribution >= 0.6 is 11.3 Å². The number of rotatable bonds is 6. The third-order valence-electron chi connectivity index (χ3n) is 5.29. The molecule has 1 aliphatic heterocycles. The maximum absolute atomic E-state index is 13.0. The molecule has 0 bridgehead atoms. The van der Waals surface area contributed by atoms with Gasteiger partial charge in [-0.3, -0.25) is 9.69 Å². The Morgan fingerprint density at radius 1 is 1.25 bits per heavy atom. The van der Waals surface area contributed by atoms with Crippen LogP contribution < -0.4 is 5.32 Å². The quantitative estimate of drug-likeness (QED) is 0.693. The van der Waals surface area contributed by atoms with E-state index in [1.54, 1.807) is 22.3 Å². The van der Waals surface area contributed by atoms with Crippen LogP contribution in [0.2, 0.25) is 0 Å². The normalized spacial score (nSPS) is 19.8. The lowest BCUT2D eigenvalue weighted by molar-refractivity contribution is -0.125. The molecular weight excluding hydrogens is 372 g/mol. The van der Waals surface area contributed by atoms with Gasteiger partial charge in [-0.1, -0.05) is 24.3 Å². The lowest BCUT2D eigenvalue weighted by atomic mass is 10.1. The third kappa shape index (κ3) is 4.13. The molecule has 146 valence electrons. The van der Waals surface area contributed by atoms with Crippen molar-refractivity contribution in [2.75, 3.05) is 6.54 Å². The van der Waals surface area contributed by atoms with E-state index in [1.165, 1.54) is 15.3 Å². The van der Waals surface area contributed by atoms with Crippen LogP contribution in [0.5, 0.6) is 0 Å². The number of aryl methyl sites for hydroxylation is 2. The molecule has 3 aromatic rings. The van der Waals surface area contributed by atoms with Gasteiger partial charge < -0.3 is 5.32 Å². The number of tetrazole rings is 1. The van der Waals surface area contributed by atoms with Crippen LogP contribution in [-0.2, 0) is 17.9 Å². The van der Waals surface area contributed by atoms with Crippen molar-refractivity contribution >= 4 is 17.2 Å². The van der Waals surface area contributed by atoms with Gasteiger partial charge in [0.05, 0.1) is 12.1 Å². The first kappa shape index (κ1) is 18.8. The molecule has 0 spiro atoms. The zero-order chi connectivity index (χ0) is 19.5. The summed E-state index contributed by atoms with van der Waals surface area (Å²) < 4.78 is 1.77. The van der Waals surface area contributed by atoms with Crippen LogP contribution in [0.15, 0.2) is 42.7 Å². The SMILES string of the molecule is Cc1ccc(CN2C[C@H](n3cnnn3)C[C@H]2C(=O)NCc2ccccc2C)s1. The molecule has 0 saturated carbocycles. The number of carbonyl (C=O) groups is 1. The van der Waals surface area contributed by atoms with Crippen molar-refractivity contribution in [3.05, 3.63) is 63.6 Å². The molecule has 2 aromatic heterocycles. The van der Waals surface area contributed by atoms with Gasteiger partial charge in [0.1, 0.15) is 6.33 Å². The van der Waals surface area contributed by atoms with Crippen LogP contribution in [0.1, 0.15) is 33.3 Å². The summed E-state index contributed by atoms with van der Waals surface area (Å²) in [7, 11) is 0. The Morgan fingerprint density at radius 3 is 2.82 bits per heavy atom. The summed E-state index contributed by atoms with van der Waals surface area (Å²) in [6.07, 6.45) is 2.33. The molecule has 1 fully saturated rings. The Kier molecular flexibility index (Phi) is 5.50. The van der Waals surface area contributed by atoms with E-state index in [1.807, 2.05) is 12.1 Å². The zero-order valence-corrected chi connectivity index (χ0v) is 16.9. The van der Waals surface area contributed by atoms with Crippen LogP contribution in [-0.4, -0.2) is 43.6 Å². The van der Waals surface area contributed by atoms with Crippen LogP contribution in [0.4, 0.5) is 0 Å². The summed E-state index contributed by atoms with van der Waals surface area (Å²) in [6, 6.07) is 12.3. The maximum Gasteiger partial charge on any atom is 0.237 e. The summed E-state index contributed by atoms with van der Waals surface area (Å²) in [5, 5.41) is 14.7. The number of nitrogens with one attached hydrogen (secondary N) is 1. The average molecular weight is 397 g/mol. The van der Waals surface area contributed by atoms with Crippen molar-refractivity contribution in [1.29, 1.82) is 0 Å². The number of benzene rings is 1. The largest absolute Gasteiger partial charge is 0.351 e. The van der Waals surface area contributed by atoms with Crippen LogP contribution in [0, 0.1) is 13.8 Å². The van der Waals surface area contributed by atoms with Gasteiger partial charge in [0.2, 0.25) is 5.91 Å². The van der Waals surface area contributed by atoms with E-state index in [9.17, 15) is 4.79 Å². The predicted octanol–water partition coefficient (Wildman–Crippen LogP) is 2.48. The van der Waals surface area contributed by atoms with Crippen molar-refractivity contribution in [1.82, 2.24) is 30.4 Å². The number of carbonyl (C=O) groups excluding carboxylic acids is 1. The zero-order valence-electron chi connectivity index (χ0n) is 16.1. The molecule has 1 aromatic carbocycles. The van der Waals surface area contributed by atoms with Gasteiger partial charge in [-0.15, -0.1) is 16.4 Å². The molecule has 1 N–H and O–H groups in total. The first-order chi connectivity index (χ1) is 13.6. The predicted molar refractivity (Wildman–Crippen MR) is 108 cm³/mol. The molecule has 28 heavy (non-hydrogen) atoms. The van der Waals surface area contributed by atoms with Crippen molar-refractivity contribution in [3.8, 4) is 0 Å². The van der Waals surface area contributed by atoms with Crippen molar-refractivity contribution in [2.45, 2.75) is 45.4 Å². The van der Waals surface area contributed by atoms with Gasteiger partial charge in [-0.05, 0) is 54.0 Å². The van der Waals surface area contributed by atoms with Gasteiger partial charge >= 0.3 is 0 Å². The lowest BCUT2D eigenvalue weighted by Gasteiger charge is -2.23. The van der Waals surface area contributed by atoms with E-state index in [-0.39, 0.29) is 18.0 Å². The highest BCUT2D eigenvalue weighted by molar-refractivity contribution is 7.11. The number of nitrogens with zero attached hydrogens (tertiary/aromatic N) is 5. The standard InChI is InChI=1S/C20H24N6OS/c1-14-5-3-4-6-16(14)10-21-20(27)19-9-17(26-13-22-23-24-26)11-25(19)12-18-8-7-15(2)28-18/h3-8,13,17,19H,9-12H2,1-2H3,(H,21,27)/t17-,19+/m1/s1. The van der Waals surface area contributed by atoms with Crippen LogP contribution in [0.3, 0.4) is 0 Å². The Balaban J connectivity index is 1.47. The summed E-state index contributed by atoms with van der Waals surface area (Å²) >= 11 is 1.78. The maximum atomic E-state index is 13.0. The summed E-state index contributed by atoms with van der Waals surface area (Å²) in [6.45, 7) is 6.23. The summed E-state index contributed by atoms with van der Waals surface area (Å²) in [4.78, 5) is 17.8. The van der Waals surface area contributed by atoms with Crippen molar-refractivity contribution in [3.63, 3.8) is 0 Å². The fraction of sp³-hybridized carbons (Fsp3) is 0.400. The number of amides is 1. The number of likely N-dealkylation sites (tertiary alicyclic amines) is 1. The molecule has 1 aliphatic rings. The van der Waals surface area contributed by atoms with E-state index >= 15 is 0 Å². The number of hydrogen-bond acceptors (Lipinski definition) is 6. The Hall–Kier alpha value is -2.58. The topological polar surface area (TPSA) is 75.9 Å². The highest BCUT2D eigenvalue weighted by Crippen LogP contribution is 2.30. The van der Waals surface area contributed by atoms with E-state index < -0.39 is 0 Å². The molecule has 0 unspecified atom stereocenters. The number of thiophene rings is 1. The minimum absolute atomic E-state index is 0.0621. The van der Waals surface area contributed by atoms with E-state index in [0.717, 1.165) is 18.7 Å². The Bertz CT molecular complexity index is 938. The molecule has 1 amide bonds. The molecule has 3 heterocycles. The monoisotopic (exact) mass is 396 g/mol.